The summed E-state index contributed by atoms with van der Waals surface area (Å²) in [6.45, 7) is 1.12. The summed E-state index contributed by atoms with van der Waals surface area (Å²) in [5.41, 5.74) is 2.49. The number of hydrogen-bond acceptors (Lipinski definition) is 3. The zero-order chi connectivity index (χ0) is 14.0. The molecule has 1 heterocycles. The van der Waals surface area contributed by atoms with Crippen LogP contribution in [0.3, 0.4) is 0 Å². The maximum atomic E-state index is 12.3. The van der Waals surface area contributed by atoms with Crippen LogP contribution in [-0.2, 0) is 27.6 Å². The Bertz CT molecular complexity index is 577. The Kier molecular flexibility index (Phi) is 4.10. The molecule has 110 valence electrons. The van der Waals surface area contributed by atoms with E-state index >= 15 is 0 Å². The Labute approximate surface area is 120 Å². The van der Waals surface area contributed by atoms with Crippen LogP contribution in [0.25, 0.3) is 0 Å². The number of rotatable bonds is 4. The average molecular weight is 295 g/mol. The van der Waals surface area contributed by atoms with E-state index in [1.54, 1.807) is 6.07 Å². The number of sulfonamides is 1. The number of benzene rings is 1. The minimum absolute atomic E-state index is 0.0300. The lowest BCUT2D eigenvalue weighted by Gasteiger charge is -2.17. The Morgan fingerprint density at radius 2 is 1.95 bits per heavy atom. The smallest absolute Gasteiger partial charge is 0.240 e. The molecule has 1 aromatic carbocycles. The predicted molar refractivity (Wildman–Crippen MR) is 77.2 cm³/mol. The Hall–Kier alpha value is -0.910. The SMILES string of the molecule is O=S(=O)(NC[C@H]1CCCO1)c1ccc2c(c1)CCCC2. The van der Waals surface area contributed by atoms with Gasteiger partial charge in [0.05, 0.1) is 11.0 Å². The second-order valence-electron chi connectivity index (χ2n) is 5.62. The minimum Gasteiger partial charge on any atom is -0.377 e. The molecule has 0 amide bonds. The van der Waals surface area contributed by atoms with Gasteiger partial charge in [-0.3, -0.25) is 0 Å². The molecule has 0 bridgehead atoms. The van der Waals surface area contributed by atoms with Crippen LogP contribution in [0.2, 0.25) is 0 Å². The fourth-order valence-corrected chi connectivity index (χ4v) is 4.08. The van der Waals surface area contributed by atoms with Crippen LogP contribution in [0.4, 0.5) is 0 Å². The summed E-state index contributed by atoms with van der Waals surface area (Å²) >= 11 is 0. The highest BCUT2D eigenvalue weighted by Crippen LogP contribution is 2.24. The number of hydrogen-bond donors (Lipinski definition) is 1. The highest BCUT2D eigenvalue weighted by molar-refractivity contribution is 7.89. The first kappa shape index (κ1) is 14.0. The lowest BCUT2D eigenvalue weighted by Crippen LogP contribution is -2.32. The third-order valence-corrected chi connectivity index (χ3v) is 5.58. The molecule has 0 radical (unpaired) electrons. The summed E-state index contributed by atoms with van der Waals surface area (Å²) in [4.78, 5) is 0.385. The van der Waals surface area contributed by atoms with E-state index in [1.807, 2.05) is 12.1 Å². The van der Waals surface area contributed by atoms with Crippen molar-refractivity contribution in [1.29, 1.82) is 0 Å². The molecule has 0 unspecified atom stereocenters. The van der Waals surface area contributed by atoms with Crippen molar-refractivity contribution in [2.24, 2.45) is 0 Å². The standard InChI is InChI=1S/C15H21NO3S/c17-20(18,16-11-14-6-3-9-19-14)15-8-7-12-4-1-2-5-13(12)10-15/h7-8,10,14,16H,1-6,9,11H2/t14-/m1/s1. The van der Waals surface area contributed by atoms with Gasteiger partial charge in [-0.15, -0.1) is 0 Å². The monoisotopic (exact) mass is 295 g/mol. The van der Waals surface area contributed by atoms with E-state index in [0.717, 1.165) is 38.7 Å². The molecule has 0 aromatic heterocycles. The van der Waals surface area contributed by atoms with Gasteiger partial charge in [0.1, 0.15) is 0 Å². The van der Waals surface area contributed by atoms with Crippen LogP contribution in [0, 0.1) is 0 Å². The van der Waals surface area contributed by atoms with Crippen molar-refractivity contribution >= 4 is 10.0 Å². The zero-order valence-corrected chi connectivity index (χ0v) is 12.4. The summed E-state index contributed by atoms with van der Waals surface area (Å²) in [6, 6.07) is 5.53. The topological polar surface area (TPSA) is 55.4 Å². The molecule has 1 saturated heterocycles. The quantitative estimate of drug-likeness (QED) is 0.924. The van der Waals surface area contributed by atoms with Crippen LogP contribution in [0.5, 0.6) is 0 Å². The van der Waals surface area contributed by atoms with Gasteiger partial charge in [-0.2, -0.15) is 0 Å². The number of aryl methyl sites for hydroxylation is 2. The first-order valence-corrected chi connectivity index (χ1v) is 8.86. The Morgan fingerprint density at radius 3 is 2.70 bits per heavy atom. The Morgan fingerprint density at radius 1 is 1.15 bits per heavy atom. The first-order chi connectivity index (χ1) is 9.65. The molecule has 0 spiro atoms. The molecule has 2 aliphatic rings. The van der Waals surface area contributed by atoms with E-state index in [9.17, 15) is 8.42 Å². The fourth-order valence-electron chi connectivity index (χ4n) is 2.97. The van der Waals surface area contributed by atoms with Gasteiger partial charge in [-0.25, -0.2) is 13.1 Å². The maximum Gasteiger partial charge on any atom is 0.240 e. The van der Waals surface area contributed by atoms with Crippen LogP contribution in [0.15, 0.2) is 23.1 Å². The zero-order valence-electron chi connectivity index (χ0n) is 11.6. The first-order valence-electron chi connectivity index (χ1n) is 7.38. The second-order valence-corrected chi connectivity index (χ2v) is 7.39. The van der Waals surface area contributed by atoms with E-state index < -0.39 is 10.0 Å². The summed E-state index contributed by atoms with van der Waals surface area (Å²) in [5, 5.41) is 0. The van der Waals surface area contributed by atoms with Crippen LogP contribution in [0.1, 0.15) is 36.8 Å². The third-order valence-electron chi connectivity index (χ3n) is 4.16. The molecule has 1 aromatic rings. The van der Waals surface area contributed by atoms with Crippen molar-refractivity contribution in [2.75, 3.05) is 13.2 Å². The highest BCUT2D eigenvalue weighted by atomic mass is 32.2. The second kappa shape index (κ2) is 5.84. The summed E-state index contributed by atoms with van der Waals surface area (Å²) in [6.07, 6.45) is 6.40. The van der Waals surface area contributed by atoms with Crippen LogP contribution < -0.4 is 4.72 Å². The molecule has 20 heavy (non-hydrogen) atoms. The summed E-state index contributed by atoms with van der Waals surface area (Å²) in [5.74, 6) is 0. The normalized spacial score (nSPS) is 22.7. The van der Waals surface area contributed by atoms with Gasteiger partial charge < -0.3 is 4.74 Å². The van der Waals surface area contributed by atoms with E-state index in [1.165, 1.54) is 17.5 Å². The summed E-state index contributed by atoms with van der Waals surface area (Å²) < 4.78 is 32.7. The third kappa shape index (κ3) is 3.05. The lowest BCUT2D eigenvalue weighted by atomic mass is 9.92. The molecular formula is C15H21NO3S. The van der Waals surface area contributed by atoms with Crippen molar-refractivity contribution in [1.82, 2.24) is 4.72 Å². The van der Waals surface area contributed by atoms with E-state index in [2.05, 4.69) is 4.72 Å². The van der Waals surface area contributed by atoms with Crippen LogP contribution >= 0.6 is 0 Å². The van der Waals surface area contributed by atoms with Crippen LogP contribution in [-0.4, -0.2) is 27.7 Å². The van der Waals surface area contributed by atoms with E-state index in [-0.39, 0.29) is 6.10 Å². The van der Waals surface area contributed by atoms with E-state index in [4.69, 9.17) is 4.74 Å². The van der Waals surface area contributed by atoms with Gasteiger partial charge in [0.15, 0.2) is 0 Å². The van der Waals surface area contributed by atoms with Crippen molar-refractivity contribution < 1.29 is 13.2 Å². The number of ether oxygens (including phenoxy) is 1. The molecule has 0 saturated carbocycles. The fraction of sp³-hybridized carbons (Fsp3) is 0.600. The molecule has 3 rings (SSSR count). The van der Waals surface area contributed by atoms with Gasteiger partial charge >= 0.3 is 0 Å². The molecule has 1 aliphatic carbocycles. The minimum atomic E-state index is -3.41. The molecule has 5 heteroatoms. The predicted octanol–water partition coefficient (Wildman–Crippen LogP) is 2.02. The molecule has 1 aliphatic heterocycles. The van der Waals surface area contributed by atoms with Crippen molar-refractivity contribution in [2.45, 2.75) is 49.5 Å². The average Bonchev–Trinajstić information content (AvgIpc) is 2.98. The number of nitrogens with one attached hydrogen (secondary N) is 1. The largest absolute Gasteiger partial charge is 0.377 e. The van der Waals surface area contributed by atoms with Gasteiger partial charge in [-0.05, 0) is 61.8 Å². The van der Waals surface area contributed by atoms with E-state index in [0.29, 0.717) is 11.4 Å². The van der Waals surface area contributed by atoms with Crippen molar-refractivity contribution in [3.8, 4) is 0 Å². The molecular weight excluding hydrogens is 274 g/mol. The highest BCUT2D eigenvalue weighted by Gasteiger charge is 2.21. The summed E-state index contributed by atoms with van der Waals surface area (Å²) in [7, 11) is -3.41. The Balaban J connectivity index is 1.73. The van der Waals surface area contributed by atoms with Gasteiger partial charge in [0.2, 0.25) is 10.0 Å². The molecule has 1 fully saturated rings. The van der Waals surface area contributed by atoms with Crippen molar-refractivity contribution in [3.05, 3.63) is 29.3 Å². The van der Waals surface area contributed by atoms with Gasteiger partial charge in [-0.1, -0.05) is 6.07 Å². The van der Waals surface area contributed by atoms with Gasteiger partial charge in [0.25, 0.3) is 0 Å². The molecule has 4 nitrogen and oxygen atoms in total. The lowest BCUT2D eigenvalue weighted by molar-refractivity contribution is 0.114. The maximum absolute atomic E-state index is 12.3. The molecule has 1 N–H and O–H groups in total. The van der Waals surface area contributed by atoms with Crippen molar-refractivity contribution in [3.63, 3.8) is 0 Å². The molecule has 1 atom stereocenters. The number of fused-ring (bicyclic) bond motifs is 1. The van der Waals surface area contributed by atoms with Gasteiger partial charge in [0, 0.05) is 13.2 Å².